The summed E-state index contributed by atoms with van der Waals surface area (Å²) in [4.78, 5) is 18.7. The van der Waals surface area contributed by atoms with E-state index in [9.17, 15) is 4.79 Å². The molecule has 4 nitrogen and oxygen atoms in total. The van der Waals surface area contributed by atoms with Crippen LogP contribution in [0.15, 0.2) is 35.7 Å². The number of hydrogen-bond acceptors (Lipinski definition) is 4. The van der Waals surface area contributed by atoms with Gasteiger partial charge in [-0.1, -0.05) is 18.2 Å². The predicted molar refractivity (Wildman–Crippen MR) is 76.0 cm³/mol. The molecule has 1 aromatic heterocycles. The normalized spacial score (nSPS) is 18.7. The Morgan fingerprint density at radius 2 is 2.16 bits per heavy atom. The van der Waals surface area contributed by atoms with Crippen molar-refractivity contribution in [3.8, 4) is 0 Å². The fourth-order valence-corrected chi connectivity index (χ4v) is 3.13. The lowest BCUT2D eigenvalue weighted by Gasteiger charge is -2.23. The van der Waals surface area contributed by atoms with Crippen molar-refractivity contribution in [2.75, 3.05) is 12.3 Å². The van der Waals surface area contributed by atoms with E-state index < -0.39 is 0 Å². The van der Waals surface area contributed by atoms with E-state index in [2.05, 4.69) is 4.98 Å². The minimum absolute atomic E-state index is 0.0706. The van der Waals surface area contributed by atoms with Crippen molar-refractivity contribution >= 4 is 22.4 Å². The highest BCUT2D eigenvalue weighted by atomic mass is 32.1. The van der Waals surface area contributed by atoms with Crippen LogP contribution in [0.2, 0.25) is 0 Å². The average Bonchev–Trinajstić information content (AvgIpc) is 3.07. The van der Waals surface area contributed by atoms with Gasteiger partial charge >= 0.3 is 0 Å². The molecule has 1 fully saturated rings. The molecule has 2 heterocycles. The summed E-state index contributed by atoms with van der Waals surface area (Å²) in [5.74, 6) is 0.0784. The van der Waals surface area contributed by atoms with Gasteiger partial charge in [0.25, 0.3) is 5.91 Å². The standard InChI is InChI=1S/C14H15N3OS/c15-14-16-11(9-19-14)12-7-4-8-17(12)13(18)10-5-2-1-3-6-10/h1-3,5-6,9,12H,4,7-8H2,(H2,15,16)/t12-/m1/s1. The summed E-state index contributed by atoms with van der Waals surface area (Å²) >= 11 is 1.43. The van der Waals surface area contributed by atoms with Crippen molar-refractivity contribution in [2.45, 2.75) is 18.9 Å². The predicted octanol–water partition coefficient (Wildman–Crippen LogP) is 2.70. The molecular formula is C14H15N3OS. The van der Waals surface area contributed by atoms with Crippen LogP contribution in [0.5, 0.6) is 0 Å². The molecule has 2 aromatic rings. The van der Waals surface area contributed by atoms with E-state index in [1.54, 1.807) is 0 Å². The second-order valence-electron chi connectivity index (χ2n) is 4.63. The Bertz CT molecular complexity index is 581. The molecule has 5 heteroatoms. The van der Waals surface area contributed by atoms with E-state index in [-0.39, 0.29) is 11.9 Å². The average molecular weight is 273 g/mol. The van der Waals surface area contributed by atoms with E-state index in [0.717, 1.165) is 30.6 Å². The highest BCUT2D eigenvalue weighted by molar-refractivity contribution is 7.13. The Kier molecular flexibility index (Phi) is 3.21. The van der Waals surface area contributed by atoms with Gasteiger partial charge in [0.15, 0.2) is 5.13 Å². The number of benzene rings is 1. The van der Waals surface area contributed by atoms with Crippen LogP contribution in [0, 0.1) is 0 Å². The molecule has 0 bridgehead atoms. The van der Waals surface area contributed by atoms with Crippen molar-refractivity contribution in [1.82, 2.24) is 9.88 Å². The summed E-state index contributed by atoms with van der Waals surface area (Å²) < 4.78 is 0. The zero-order chi connectivity index (χ0) is 13.2. The van der Waals surface area contributed by atoms with Crippen molar-refractivity contribution < 1.29 is 4.79 Å². The molecule has 2 N–H and O–H groups in total. The highest BCUT2D eigenvalue weighted by Gasteiger charge is 2.31. The van der Waals surface area contributed by atoms with Gasteiger partial charge in [0.1, 0.15) is 0 Å². The molecule has 0 aliphatic carbocycles. The summed E-state index contributed by atoms with van der Waals surface area (Å²) in [5.41, 5.74) is 7.34. The fraction of sp³-hybridized carbons (Fsp3) is 0.286. The molecular weight excluding hydrogens is 258 g/mol. The lowest BCUT2D eigenvalue weighted by molar-refractivity contribution is 0.0733. The molecule has 98 valence electrons. The quantitative estimate of drug-likeness (QED) is 0.915. The minimum atomic E-state index is 0.0706. The Morgan fingerprint density at radius 3 is 2.84 bits per heavy atom. The Hall–Kier alpha value is -1.88. The third-order valence-electron chi connectivity index (χ3n) is 3.42. The first-order chi connectivity index (χ1) is 9.25. The number of rotatable bonds is 2. The van der Waals surface area contributed by atoms with Gasteiger partial charge in [0, 0.05) is 17.5 Å². The zero-order valence-electron chi connectivity index (χ0n) is 10.5. The fourth-order valence-electron chi connectivity index (χ4n) is 2.52. The molecule has 0 radical (unpaired) electrons. The van der Waals surface area contributed by atoms with Crippen molar-refractivity contribution in [3.63, 3.8) is 0 Å². The van der Waals surface area contributed by atoms with Crippen molar-refractivity contribution in [1.29, 1.82) is 0 Å². The monoisotopic (exact) mass is 273 g/mol. The summed E-state index contributed by atoms with van der Waals surface area (Å²) in [7, 11) is 0. The van der Waals surface area contributed by atoms with Crippen LogP contribution in [0.25, 0.3) is 0 Å². The topological polar surface area (TPSA) is 59.2 Å². The second kappa shape index (κ2) is 5.01. The van der Waals surface area contributed by atoms with Crippen LogP contribution in [0.3, 0.4) is 0 Å². The van der Waals surface area contributed by atoms with Crippen LogP contribution in [0.4, 0.5) is 5.13 Å². The van der Waals surface area contributed by atoms with E-state index in [1.807, 2.05) is 40.6 Å². The zero-order valence-corrected chi connectivity index (χ0v) is 11.3. The van der Waals surface area contributed by atoms with Crippen LogP contribution in [-0.2, 0) is 0 Å². The third-order valence-corrected chi connectivity index (χ3v) is 4.11. The third kappa shape index (κ3) is 2.33. The SMILES string of the molecule is Nc1nc([C@H]2CCCN2C(=O)c2ccccc2)cs1. The molecule has 1 amide bonds. The van der Waals surface area contributed by atoms with Crippen molar-refractivity contribution in [3.05, 3.63) is 47.0 Å². The summed E-state index contributed by atoms with van der Waals surface area (Å²) in [5, 5.41) is 2.52. The number of aromatic nitrogens is 1. The first-order valence-electron chi connectivity index (χ1n) is 6.32. The van der Waals surface area contributed by atoms with Crippen LogP contribution < -0.4 is 5.73 Å². The number of hydrogen-bond donors (Lipinski definition) is 1. The molecule has 1 aliphatic heterocycles. The molecule has 1 aliphatic rings. The summed E-state index contributed by atoms with van der Waals surface area (Å²) in [6.45, 7) is 0.788. The van der Waals surface area contributed by atoms with Crippen molar-refractivity contribution in [2.24, 2.45) is 0 Å². The Balaban J connectivity index is 1.86. The van der Waals surface area contributed by atoms with Gasteiger partial charge in [-0.25, -0.2) is 4.98 Å². The molecule has 1 atom stereocenters. The highest BCUT2D eigenvalue weighted by Crippen LogP contribution is 2.33. The van der Waals surface area contributed by atoms with Gasteiger partial charge in [0.2, 0.25) is 0 Å². The largest absolute Gasteiger partial charge is 0.375 e. The summed E-state index contributed by atoms with van der Waals surface area (Å²) in [6, 6.07) is 9.47. The number of carbonyl (C=O) groups excluding carboxylic acids is 1. The number of nitrogens with two attached hydrogens (primary N) is 1. The second-order valence-corrected chi connectivity index (χ2v) is 5.52. The molecule has 3 rings (SSSR count). The number of carbonyl (C=O) groups is 1. The lowest BCUT2D eigenvalue weighted by atomic mass is 10.1. The minimum Gasteiger partial charge on any atom is -0.375 e. The molecule has 0 saturated carbocycles. The number of nitrogen functional groups attached to an aromatic ring is 1. The molecule has 1 aromatic carbocycles. The Morgan fingerprint density at radius 1 is 1.37 bits per heavy atom. The number of anilines is 1. The van der Waals surface area contributed by atoms with Gasteiger partial charge in [-0.05, 0) is 25.0 Å². The van der Waals surface area contributed by atoms with Gasteiger partial charge < -0.3 is 10.6 Å². The van der Waals surface area contributed by atoms with Gasteiger partial charge in [0.05, 0.1) is 11.7 Å². The molecule has 19 heavy (non-hydrogen) atoms. The number of likely N-dealkylation sites (tertiary alicyclic amines) is 1. The van der Waals surface area contributed by atoms with E-state index in [4.69, 9.17) is 5.73 Å². The van der Waals surface area contributed by atoms with Crippen LogP contribution >= 0.6 is 11.3 Å². The summed E-state index contributed by atoms with van der Waals surface area (Å²) in [6.07, 6.45) is 1.97. The maximum absolute atomic E-state index is 12.5. The van der Waals surface area contributed by atoms with Crippen LogP contribution in [0.1, 0.15) is 34.9 Å². The molecule has 0 spiro atoms. The number of nitrogens with zero attached hydrogens (tertiary/aromatic N) is 2. The maximum atomic E-state index is 12.5. The lowest BCUT2D eigenvalue weighted by Crippen LogP contribution is -2.30. The molecule has 0 unspecified atom stereocenters. The smallest absolute Gasteiger partial charge is 0.254 e. The van der Waals surface area contributed by atoms with E-state index in [0.29, 0.717) is 5.13 Å². The first-order valence-corrected chi connectivity index (χ1v) is 7.20. The van der Waals surface area contributed by atoms with E-state index >= 15 is 0 Å². The van der Waals surface area contributed by atoms with Gasteiger partial charge in [-0.2, -0.15) is 0 Å². The first kappa shape index (κ1) is 12.2. The van der Waals surface area contributed by atoms with Gasteiger partial charge in [-0.3, -0.25) is 4.79 Å². The maximum Gasteiger partial charge on any atom is 0.254 e. The van der Waals surface area contributed by atoms with Crippen LogP contribution in [-0.4, -0.2) is 22.3 Å². The number of thiazole rings is 1. The molecule has 1 saturated heterocycles. The van der Waals surface area contributed by atoms with E-state index in [1.165, 1.54) is 11.3 Å². The Labute approximate surface area is 115 Å². The number of amides is 1. The van der Waals surface area contributed by atoms with Gasteiger partial charge in [-0.15, -0.1) is 11.3 Å².